The normalized spacial score (nSPS) is 10.7. The Morgan fingerprint density at radius 3 is 2.43 bits per heavy atom. The zero-order valence-electron chi connectivity index (χ0n) is 16.4. The van der Waals surface area contributed by atoms with Crippen LogP contribution in [0.25, 0.3) is 11.4 Å². The number of hydrogen-bond acceptors (Lipinski definition) is 5. The number of carbonyl (C=O) groups excluding carboxylic acids is 1. The molecule has 1 amide bonds. The first-order valence-electron chi connectivity index (χ1n) is 9.23. The third-order valence-electron chi connectivity index (χ3n) is 4.24. The quantitative estimate of drug-likeness (QED) is 0.662. The van der Waals surface area contributed by atoms with Crippen LogP contribution >= 0.6 is 0 Å². The second-order valence-electron chi connectivity index (χ2n) is 6.83. The van der Waals surface area contributed by atoms with E-state index in [0.717, 1.165) is 23.4 Å². The molecule has 0 bridgehead atoms. The third kappa shape index (κ3) is 5.14. The molecule has 1 heterocycles. The standard InChI is InChI=1S/C22H25N5O/c1-16-9-7-8-12-18(16)24-20-15-19(22(28)23-13-14-27(2)3)25-21(26-20)17-10-5-4-6-11-17/h4-12,15H,13-14H2,1-3H3,(H,23,28)(H,24,25,26). The summed E-state index contributed by atoms with van der Waals surface area (Å²) in [6.45, 7) is 3.34. The molecule has 1 aromatic heterocycles. The monoisotopic (exact) mass is 375 g/mol. The number of rotatable bonds is 7. The number of anilines is 2. The smallest absolute Gasteiger partial charge is 0.270 e. The predicted octanol–water partition coefficient (Wildman–Crippen LogP) is 3.49. The van der Waals surface area contributed by atoms with Crippen molar-refractivity contribution in [3.05, 3.63) is 71.9 Å². The first kappa shape index (κ1) is 19.5. The van der Waals surface area contributed by atoms with Crippen LogP contribution in [-0.2, 0) is 0 Å². The van der Waals surface area contributed by atoms with Crippen LogP contribution in [0.3, 0.4) is 0 Å². The van der Waals surface area contributed by atoms with Gasteiger partial charge in [0.15, 0.2) is 5.82 Å². The molecule has 6 heteroatoms. The summed E-state index contributed by atoms with van der Waals surface area (Å²) in [5.41, 5.74) is 3.24. The second-order valence-corrected chi connectivity index (χ2v) is 6.83. The van der Waals surface area contributed by atoms with E-state index in [4.69, 9.17) is 0 Å². The summed E-state index contributed by atoms with van der Waals surface area (Å²) in [6, 6.07) is 19.3. The minimum absolute atomic E-state index is 0.214. The maximum absolute atomic E-state index is 12.6. The van der Waals surface area contributed by atoms with Crippen molar-refractivity contribution in [1.29, 1.82) is 0 Å². The number of para-hydroxylation sites is 1. The van der Waals surface area contributed by atoms with Crippen molar-refractivity contribution in [3.8, 4) is 11.4 Å². The number of nitrogens with zero attached hydrogens (tertiary/aromatic N) is 3. The molecule has 0 fully saturated rings. The van der Waals surface area contributed by atoms with Crippen molar-refractivity contribution in [3.63, 3.8) is 0 Å². The van der Waals surface area contributed by atoms with Crippen molar-refractivity contribution in [2.24, 2.45) is 0 Å². The number of benzene rings is 2. The molecule has 0 spiro atoms. The molecule has 28 heavy (non-hydrogen) atoms. The van der Waals surface area contributed by atoms with Crippen LogP contribution < -0.4 is 10.6 Å². The maximum atomic E-state index is 12.6. The number of carbonyl (C=O) groups is 1. The molecule has 0 atom stereocenters. The Hall–Kier alpha value is -3.25. The minimum Gasteiger partial charge on any atom is -0.349 e. The lowest BCUT2D eigenvalue weighted by atomic mass is 10.2. The van der Waals surface area contributed by atoms with Gasteiger partial charge in [0.1, 0.15) is 11.5 Å². The zero-order chi connectivity index (χ0) is 19.9. The van der Waals surface area contributed by atoms with Crippen LogP contribution in [0.1, 0.15) is 16.1 Å². The Balaban J connectivity index is 1.92. The number of nitrogens with one attached hydrogen (secondary N) is 2. The number of likely N-dealkylation sites (N-methyl/N-ethyl adjacent to an activating group) is 1. The van der Waals surface area contributed by atoms with Gasteiger partial charge in [-0.3, -0.25) is 4.79 Å². The van der Waals surface area contributed by atoms with Crippen LogP contribution in [0, 0.1) is 6.92 Å². The number of aryl methyl sites for hydroxylation is 1. The van der Waals surface area contributed by atoms with Gasteiger partial charge in [0.25, 0.3) is 5.91 Å². The lowest BCUT2D eigenvalue weighted by Crippen LogP contribution is -2.32. The van der Waals surface area contributed by atoms with E-state index >= 15 is 0 Å². The molecule has 0 saturated heterocycles. The molecule has 0 aliphatic heterocycles. The van der Waals surface area contributed by atoms with Crippen LogP contribution in [-0.4, -0.2) is 48.0 Å². The minimum atomic E-state index is -0.214. The van der Waals surface area contributed by atoms with Crippen molar-refractivity contribution >= 4 is 17.4 Å². The van der Waals surface area contributed by atoms with Gasteiger partial charge in [0, 0.05) is 30.4 Å². The molecule has 0 aliphatic rings. The van der Waals surface area contributed by atoms with Gasteiger partial charge >= 0.3 is 0 Å². The van der Waals surface area contributed by atoms with Crippen LogP contribution in [0.2, 0.25) is 0 Å². The van der Waals surface area contributed by atoms with Gasteiger partial charge in [-0.15, -0.1) is 0 Å². The first-order valence-corrected chi connectivity index (χ1v) is 9.23. The van der Waals surface area contributed by atoms with E-state index in [1.54, 1.807) is 6.07 Å². The van der Waals surface area contributed by atoms with Crippen molar-refractivity contribution in [1.82, 2.24) is 20.2 Å². The van der Waals surface area contributed by atoms with Gasteiger partial charge in [-0.05, 0) is 32.6 Å². The van der Waals surface area contributed by atoms with Crippen molar-refractivity contribution in [2.75, 3.05) is 32.5 Å². The van der Waals surface area contributed by atoms with E-state index in [2.05, 4.69) is 20.6 Å². The molecule has 3 rings (SSSR count). The Morgan fingerprint density at radius 2 is 1.71 bits per heavy atom. The zero-order valence-corrected chi connectivity index (χ0v) is 16.4. The highest BCUT2D eigenvalue weighted by Gasteiger charge is 2.13. The molecular formula is C22H25N5O. The Kier molecular flexibility index (Phi) is 6.34. The summed E-state index contributed by atoms with van der Waals surface area (Å²) in [6.07, 6.45) is 0. The third-order valence-corrected chi connectivity index (χ3v) is 4.24. The average Bonchev–Trinajstić information content (AvgIpc) is 2.70. The molecule has 2 aromatic carbocycles. The fraction of sp³-hybridized carbons (Fsp3) is 0.227. The van der Waals surface area contributed by atoms with Crippen molar-refractivity contribution in [2.45, 2.75) is 6.92 Å². The molecule has 0 radical (unpaired) electrons. The summed E-state index contributed by atoms with van der Waals surface area (Å²) < 4.78 is 0. The molecule has 0 aliphatic carbocycles. The van der Waals surface area contributed by atoms with Gasteiger partial charge < -0.3 is 15.5 Å². The summed E-state index contributed by atoms with van der Waals surface area (Å²) in [4.78, 5) is 23.8. The summed E-state index contributed by atoms with van der Waals surface area (Å²) in [7, 11) is 3.93. The van der Waals surface area contributed by atoms with E-state index in [9.17, 15) is 4.79 Å². The van der Waals surface area contributed by atoms with E-state index < -0.39 is 0 Å². The topological polar surface area (TPSA) is 70.2 Å². The number of aromatic nitrogens is 2. The van der Waals surface area contributed by atoms with Gasteiger partial charge in [-0.25, -0.2) is 9.97 Å². The molecule has 144 valence electrons. The van der Waals surface area contributed by atoms with Crippen molar-refractivity contribution < 1.29 is 4.79 Å². The lowest BCUT2D eigenvalue weighted by molar-refractivity contribution is 0.0946. The highest BCUT2D eigenvalue weighted by Crippen LogP contribution is 2.22. The molecule has 0 saturated carbocycles. The Bertz CT molecular complexity index is 941. The fourth-order valence-corrected chi connectivity index (χ4v) is 2.68. The van der Waals surface area contributed by atoms with Crippen LogP contribution in [0.5, 0.6) is 0 Å². The van der Waals surface area contributed by atoms with Gasteiger partial charge in [-0.2, -0.15) is 0 Å². The summed E-state index contributed by atoms with van der Waals surface area (Å²) in [5.74, 6) is 0.882. The van der Waals surface area contributed by atoms with Gasteiger partial charge in [0.2, 0.25) is 0 Å². The average molecular weight is 375 g/mol. The van der Waals surface area contributed by atoms with Gasteiger partial charge in [0.05, 0.1) is 0 Å². The highest BCUT2D eigenvalue weighted by molar-refractivity contribution is 5.93. The first-order chi connectivity index (χ1) is 13.5. The molecular weight excluding hydrogens is 350 g/mol. The number of hydrogen-bond donors (Lipinski definition) is 2. The summed E-state index contributed by atoms with van der Waals surface area (Å²) >= 11 is 0. The summed E-state index contributed by atoms with van der Waals surface area (Å²) in [5, 5.41) is 6.23. The van der Waals surface area contributed by atoms with E-state index in [1.807, 2.05) is 80.5 Å². The Labute approximate surface area is 165 Å². The second kappa shape index (κ2) is 9.10. The molecule has 0 unspecified atom stereocenters. The molecule has 2 N–H and O–H groups in total. The number of amides is 1. The molecule has 3 aromatic rings. The highest BCUT2D eigenvalue weighted by atomic mass is 16.1. The lowest BCUT2D eigenvalue weighted by Gasteiger charge is -2.13. The maximum Gasteiger partial charge on any atom is 0.270 e. The Morgan fingerprint density at radius 1 is 1.00 bits per heavy atom. The van der Waals surface area contributed by atoms with E-state index in [1.165, 1.54) is 0 Å². The predicted molar refractivity (Wildman–Crippen MR) is 113 cm³/mol. The fourth-order valence-electron chi connectivity index (χ4n) is 2.68. The van der Waals surface area contributed by atoms with Crippen LogP contribution in [0.15, 0.2) is 60.7 Å². The van der Waals surface area contributed by atoms with Crippen LogP contribution in [0.4, 0.5) is 11.5 Å². The van der Waals surface area contributed by atoms with Gasteiger partial charge in [-0.1, -0.05) is 48.5 Å². The largest absolute Gasteiger partial charge is 0.349 e. The SMILES string of the molecule is Cc1ccccc1Nc1cc(C(=O)NCCN(C)C)nc(-c2ccccc2)n1. The molecule has 6 nitrogen and oxygen atoms in total. The van der Waals surface area contributed by atoms with E-state index in [-0.39, 0.29) is 5.91 Å². The van der Waals surface area contributed by atoms with E-state index in [0.29, 0.717) is 23.9 Å².